The van der Waals surface area contributed by atoms with E-state index in [-0.39, 0.29) is 6.10 Å². The van der Waals surface area contributed by atoms with Crippen LogP contribution in [0.4, 0.5) is 0 Å². The van der Waals surface area contributed by atoms with Crippen LogP contribution in [0.1, 0.15) is 39.0 Å². The first-order chi connectivity index (χ1) is 7.69. The van der Waals surface area contributed by atoms with Crippen LogP contribution in [0.25, 0.3) is 0 Å². The van der Waals surface area contributed by atoms with Crippen molar-refractivity contribution in [1.29, 1.82) is 0 Å². The topological polar surface area (TPSA) is 20.2 Å². The van der Waals surface area contributed by atoms with Crippen molar-refractivity contribution in [2.45, 2.75) is 45.1 Å². The van der Waals surface area contributed by atoms with Crippen LogP contribution in [0.2, 0.25) is 0 Å². The second-order valence-corrected chi connectivity index (χ2v) is 4.84. The SMILES string of the molecule is C=C/C=C(\C)[C@H]1CCCC[C@@H]1CC(O)C=C. The van der Waals surface area contributed by atoms with Crippen molar-refractivity contribution < 1.29 is 5.11 Å². The van der Waals surface area contributed by atoms with E-state index in [1.807, 2.05) is 6.08 Å². The van der Waals surface area contributed by atoms with Crippen LogP contribution in [0.3, 0.4) is 0 Å². The summed E-state index contributed by atoms with van der Waals surface area (Å²) < 4.78 is 0. The molecule has 0 aromatic heterocycles. The number of allylic oxidation sites excluding steroid dienone is 3. The molecular weight excluding hydrogens is 196 g/mol. The predicted molar refractivity (Wildman–Crippen MR) is 70.2 cm³/mol. The number of hydrogen-bond donors (Lipinski definition) is 1. The van der Waals surface area contributed by atoms with Crippen LogP contribution in [0.15, 0.2) is 37.0 Å². The minimum Gasteiger partial charge on any atom is -0.389 e. The monoisotopic (exact) mass is 220 g/mol. The van der Waals surface area contributed by atoms with Crippen LogP contribution in [-0.4, -0.2) is 11.2 Å². The van der Waals surface area contributed by atoms with Crippen molar-refractivity contribution >= 4 is 0 Å². The largest absolute Gasteiger partial charge is 0.389 e. The van der Waals surface area contributed by atoms with Crippen LogP contribution in [0, 0.1) is 11.8 Å². The molecule has 16 heavy (non-hydrogen) atoms. The lowest BCUT2D eigenvalue weighted by Gasteiger charge is -2.33. The lowest BCUT2D eigenvalue weighted by Crippen LogP contribution is -2.24. The van der Waals surface area contributed by atoms with E-state index in [2.05, 4.69) is 26.2 Å². The summed E-state index contributed by atoms with van der Waals surface area (Å²) in [5.74, 6) is 1.24. The van der Waals surface area contributed by atoms with Gasteiger partial charge in [-0.1, -0.05) is 43.2 Å². The normalized spacial score (nSPS) is 28.5. The Kier molecular flexibility index (Phi) is 5.54. The maximum atomic E-state index is 9.68. The van der Waals surface area contributed by atoms with E-state index in [9.17, 15) is 5.11 Å². The number of rotatable bonds is 5. The third-order valence-electron chi connectivity index (χ3n) is 3.69. The van der Waals surface area contributed by atoms with Gasteiger partial charge in [0.1, 0.15) is 0 Å². The van der Waals surface area contributed by atoms with E-state index in [0.29, 0.717) is 11.8 Å². The predicted octanol–water partition coefficient (Wildman–Crippen LogP) is 3.86. The molecule has 0 bridgehead atoms. The molecule has 0 radical (unpaired) electrons. The molecule has 0 spiro atoms. The van der Waals surface area contributed by atoms with Crippen LogP contribution < -0.4 is 0 Å². The molecule has 0 heterocycles. The van der Waals surface area contributed by atoms with Gasteiger partial charge in [-0.25, -0.2) is 0 Å². The average Bonchev–Trinajstić information content (AvgIpc) is 2.30. The van der Waals surface area contributed by atoms with Gasteiger partial charge in [-0.3, -0.25) is 0 Å². The van der Waals surface area contributed by atoms with Crippen LogP contribution >= 0.6 is 0 Å². The molecule has 1 N–H and O–H groups in total. The number of hydrogen-bond acceptors (Lipinski definition) is 1. The van der Waals surface area contributed by atoms with Crippen LogP contribution in [-0.2, 0) is 0 Å². The molecule has 1 fully saturated rings. The highest BCUT2D eigenvalue weighted by Crippen LogP contribution is 2.37. The highest BCUT2D eigenvalue weighted by atomic mass is 16.3. The molecular formula is C15H24O. The molecule has 0 aromatic rings. The Bertz CT molecular complexity index is 265. The molecule has 90 valence electrons. The van der Waals surface area contributed by atoms with Gasteiger partial charge in [0.2, 0.25) is 0 Å². The van der Waals surface area contributed by atoms with Crippen molar-refractivity contribution in [3.63, 3.8) is 0 Å². The highest BCUT2D eigenvalue weighted by Gasteiger charge is 2.27. The molecule has 3 atom stereocenters. The number of aliphatic hydroxyl groups is 1. The van der Waals surface area contributed by atoms with E-state index in [0.717, 1.165) is 6.42 Å². The summed E-state index contributed by atoms with van der Waals surface area (Å²) in [4.78, 5) is 0. The Morgan fingerprint density at radius 1 is 1.38 bits per heavy atom. The van der Waals surface area contributed by atoms with Gasteiger partial charge in [0.15, 0.2) is 0 Å². The fraction of sp³-hybridized carbons (Fsp3) is 0.600. The summed E-state index contributed by atoms with van der Waals surface area (Å²) in [5.41, 5.74) is 1.41. The summed E-state index contributed by atoms with van der Waals surface area (Å²) in [6.45, 7) is 9.59. The highest BCUT2D eigenvalue weighted by molar-refractivity contribution is 5.13. The Morgan fingerprint density at radius 2 is 2.06 bits per heavy atom. The third-order valence-corrected chi connectivity index (χ3v) is 3.69. The van der Waals surface area contributed by atoms with Gasteiger partial charge in [0.05, 0.1) is 6.10 Å². The molecule has 1 nitrogen and oxygen atoms in total. The van der Waals surface area contributed by atoms with Gasteiger partial charge >= 0.3 is 0 Å². The van der Waals surface area contributed by atoms with Crippen molar-refractivity contribution in [1.82, 2.24) is 0 Å². The first-order valence-electron chi connectivity index (χ1n) is 6.29. The van der Waals surface area contributed by atoms with E-state index in [4.69, 9.17) is 0 Å². The van der Waals surface area contributed by atoms with Crippen molar-refractivity contribution in [2.75, 3.05) is 0 Å². The van der Waals surface area contributed by atoms with E-state index in [1.54, 1.807) is 6.08 Å². The third kappa shape index (κ3) is 3.64. The quantitative estimate of drug-likeness (QED) is 0.551. The molecule has 1 aliphatic carbocycles. The molecule has 0 saturated heterocycles. The zero-order valence-corrected chi connectivity index (χ0v) is 10.4. The van der Waals surface area contributed by atoms with Crippen molar-refractivity contribution in [3.8, 4) is 0 Å². The minimum absolute atomic E-state index is 0.345. The molecule has 1 heteroatoms. The van der Waals surface area contributed by atoms with Gasteiger partial charge in [-0.2, -0.15) is 0 Å². The van der Waals surface area contributed by atoms with E-state index < -0.39 is 0 Å². The van der Waals surface area contributed by atoms with Gasteiger partial charge in [-0.15, -0.1) is 6.58 Å². The van der Waals surface area contributed by atoms with E-state index >= 15 is 0 Å². The summed E-state index contributed by atoms with van der Waals surface area (Å²) in [5, 5.41) is 9.68. The second-order valence-electron chi connectivity index (χ2n) is 4.84. The number of aliphatic hydroxyl groups excluding tert-OH is 1. The van der Waals surface area contributed by atoms with Gasteiger partial charge in [0, 0.05) is 0 Å². The lowest BCUT2D eigenvalue weighted by molar-refractivity contribution is 0.148. The Morgan fingerprint density at radius 3 is 2.69 bits per heavy atom. The van der Waals surface area contributed by atoms with Crippen molar-refractivity contribution in [2.24, 2.45) is 11.8 Å². The molecule has 0 aromatic carbocycles. The Labute approximate surface area is 99.6 Å². The molecule has 1 unspecified atom stereocenters. The van der Waals surface area contributed by atoms with E-state index in [1.165, 1.54) is 31.3 Å². The Hall–Kier alpha value is -0.820. The fourth-order valence-corrected chi connectivity index (χ4v) is 2.81. The summed E-state index contributed by atoms with van der Waals surface area (Å²) in [6.07, 6.45) is 11.2. The van der Waals surface area contributed by atoms with Gasteiger partial charge in [0.25, 0.3) is 0 Å². The zero-order valence-electron chi connectivity index (χ0n) is 10.4. The maximum absolute atomic E-state index is 9.68. The second kappa shape index (κ2) is 6.70. The molecule has 1 rings (SSSR count). The summed E-state index contributed by atoms with van der Waals surface area (Å²) in [7, 11) is 0. The average molecular weight is 220 g/mol. The maximum Gasteiger partial charge on any atom is 0.0721 e. The zero-order chi connectivity index (χ0) is 12.0. The standard InChI is InChI=1S/C15H24O/c1-4-8-12(3)15-10-7-6-9-13(15)11-14(16)5-2/h4-5,8,13-16H,1-2,6-7,9-11H2,3H3/b12-8+/t13-,14?,15-/m1/s1. The minimum atomic E-state index is -0.345. The molecule has 0 amide bonds. The van der Waals surface area contributed by atoms with Gasteiger partial charge in [-0.05, 0) is 38.0 Å². The molecule has 1 saturated carbocycles. The summed E-state index contributed by atoms with van der Waals surface area (Å²) in [6, 6.07) is 0. The van der Waals surface area contributed by atoms with Gasteiger partial charge < -0.3 is 5.11 Å². The first-order valence-corrected chi connectivity index (χ1v) is 6.29. The molecule has 1 aliphatic rings. The van der Waals surface area contributed by atoms with Crippen molar-refractivity contribution in [3.05, 3.63) is 37.0 Å². The van der Waals surface area contributed by atoms with Crippen LogP contribution in [0.5, 0.6) is 0 Å². The smallest absolute Gasteiger partial charge is 0.0721 e. The summed E-state index contributed by atoms with van der Waals surface area (Å²) >= 11 is 0. The first kappa shape index (κ1) is 13.2. The molecule has 0 aliphatic heterocycles. The fourth-order valence-electron chi connectivity index (χ4n) is 2.81. The lowest BCUT2D eigenvalue weighted by atomic mass is 9.73. The Balaban J connectivity index is 2.66.